The summed E-state index contributed by atoms with van der Waals surface area (Å²) >= 11 is 5.92. The van der Waals surface area contributed by atoms with Gasteiger partial charge in [-0.15, -0.1) is 10.2 Å². The fraction of sp³-hybridized carbons (Fsp3) is 0.333. The normalized spacial score (nSPS) is 10.5. The molecule has 0 unspecified atom stereocenters. The van der Waals surface area contributed by atoms with Gasteiger partial charge >= 0.3 is 0 Å². The predicted octanol–water partition coefficient (Wildman–Crippen LogP) is 4.49. The molecule has 0 saturated heterocycles. The van der Waals surface area contributed by atoms with E-state index in [0.717, 1.165) is 29.7 Å². The molecule has 0 amide bonds. The molecule has 1 aromatic carbocycles. The third-order valence-corrected chi connectivity index (χ3v) is 3.46. The fourth-order valence-electron chi connectivity index (χ4n) is 1.78. The first-order valence-electron chi connectivity index (χ1n) is 6.38. The number of aromatic nitrogens is 2. The Balaban J connectivity index is 2.19. The first-order valence-corrected chi connectivity index (χ1v) is 6.75. The van der Waals surface area contributed by atoms with Gasteiger partial charge in [0.2, 0.25) is 5.88 Å². The van der Waals surface area contributed by atoms with Crippen LogP contribution in [0.15, 0.2) is 24.3 Å². The molecule has 0 saturated carbocycles. The monoisotopic (exact) mass is 276 g/mol. The molecule has 0 aliphatic rings. The third kappa shape index (κ3) is 3.24. The van der Waals surface area contributed by atoms with Gasteiger partial charge in [0, 0.05) is 5.56 Å². The largest absolute Gasteiger partial charge is 0.437 e. The lowest BCUT2D eigenvalue weighted by molar-refractivity contribution is 0.450. The molecule has 0 radical (unpaired) electrons. The molecule has 100 valence electrons. The second kappa shape index (κ2) is 6.02. The van der Waals surface area contributed by atoms with Gasteiger partial charge in [-0.3, -0.25) is 0 Å². The lowest BCUT2D eigenvalue weighted by Gasteiger charge is -2.09. The predicted molar refractivity (Wildman–Crippen MR) is 77.0 cm³/mol. The van der Waals surface area contributed by atoms with Gasteiger partial charge in [-0.25, -0.2) is 0 Å². The second-order valence-electron chi connectivity index (χ2n) is 4.54. The molecule has 19 heavy (non-hydrogen) atoms. The summed E-state index contributed by atoms with van der Waals surface area (Å²) in [6, 6.07) is 8.06. The van der Waals surface area contributed by atoms with Crippen molar-refractivity contribution < 1.29 is 4.74 Å². The van der Waals surface area contributed by atoms with Crippen molar-refractivity contribution in [2.24, 2.45) is 0 Å². The van der Waals surface area contributed by atoms with Crippen LogP contribution in [0.25, 0.3) is 0 Å². The van der Waals surface area contributed by atoms with Gasteiger partial charge < -0.3 is 4.74 Å². The molecule has 0 N–H and O–H groups in total. The second-order valence-corrected chi connectivity index (χ2v) is 4.90. The Bertz CT molecular complexity index is 567. The highest BCUT2D eigenvalue weighted by molar-refractivity contribution is 6.30. The molecule has 0 aliphatic heterocycles. The van der Waals surface area contributed by atoms with E-state index in [2.05, 4.69) is 29.3 Å². The Hall–Kier alpha value is -1.61. The minimum atomic E-state index is 0.420. The maximum absolute atomic E-state index is 5.92. The zero-order chi connectivity index (χ0) is 13.8. The molecule has 0 aliphatic carbocycles. The van der Waals surface area contributed by atoms with Crippen LogP contribution in [0.1, 0.15) is 30.0 Å². The maximum atomic E-state index is 5.92. The highest BCUT2D eigenvalue weighted by Gasteiger charge is 2.10. The van der Waals surface area contributed by atoms with Gasteiger partial charge in [-0.2, -0.15) is 0 Å². The summed E-state index contributed by atoms with van der Waals surface area (Å²) in [4.78, 5) is 0. The molecule has 0 spiro atoms. The van der Waals surface area contributed by atoms with Crippen molar-refractivity contribution in [1.82, 2.24) is 10.2 Å². The highest BCUT2D eigenvalue weighted by atomic mass is 35.5. The highest BCUT2D eigenvalue weighted by Crippen LogP contribution is 2.27. The number of aryl methyl sites for hydroxylation is 1. The summed E-state index contributed by atoms with van der Waals surface area (Å²) in [5.41, 5.74) is 3.12. The molecule has 0 fully saturated rings. The summed E-state index contributed by atoms with van der Waals surface area (Å²) in [7, 11) is 0. The van der Waals surface area contributed by atoms with Gasteiger partial charge in [-0.05, 0) is 43.5 Å². The van der Waals surface area contributed by atoms with Crippen LogP contribution in [0, 0.1) is 13.8 Å². The van der Waals surface area contributed by atoms with E-state index in [9.17, 15) is 0 Å². The summed E-state index contributed by atoms with van der Waals surface area (Å²) in [5, 5.41) is 8.28. The van der Waals surface area contributed by atoms with Crippen molar-refractivity contribution in [3.63, 3.8) is 0 Å². The van der Waals surface area contributed by atoms with Gasteiger partial charge in [0.1, 0.15) is 5.75 Å². The molecule has 4 heteroatoms. The van der Waals surface area contributed by atoms with Crippen LogP contribution in [0.4, 0.5) is 0 Å². The standard InChI is InChI=1S/C15H17ClN2O/c1-4-5-12-6-8-13(9-7-12)19-15-11(3)10(2)14(16)17-18-15/h6-9H,4-5H2,1-3H3. The molecule has 3 nitrogen and oxygen atoms in total. The topological polar surface area (TPSA) is 35.0 Å². The molecular weight excluding hydrogens is 260 g/mol. The number of ether oxygens (including phenoxy) is 1. The zero-order valence-electron chi connectivity index (χ0n) is 11.4. The van der Waals surface area contributed by atoms with Crippen LogP contribution in [0.3, 0.4) is 0 Å². The Morgan fingerprint density at radius 1 is 1.05 bits per heavy atom. The van der Waals surface area contributed by atoms with E-state index >= 15 is 0 Å². The Kier molecular flexibility index (Phi) is 4.38. The van der Waals surface area contributed by atoms with Crippen molar-refractivity contribution in [1.29, 1.82) is 0 Å². The third-order valence-electron chi connectivity index (χ3n) is 3.10. The first kappa shape index (κ1) is 13.8. The summed E-state index contributed by atoms with van der Waals surface area (Å²) in [6.45, 7) is 6.00. The summed E-state index contributed by atoms with van der Waals surface area (Å²) in [6.07, 6.45) is 2.22. The van der Waals surface area contributed by atoms with Crippen molar-refractivity contribution in [2.75, 3.05) is 0 Å². The van der Waals surface area contributed by atoms with Crippen molar-refractivity contribution in [3.8, 4) is 11.6 Å². The maximum Gasteiger partial charge on any atom is 0.242 e. The van der Waals surface area contributed by atoms with Crippen molar-refractivity contribution in [2.45, 2.75) is 33.6 Å². The number of nitrogens with zero attached hydrogens (tertiary/aromatic N) is 2. The van der Waals surface area contributed by atoms with E-state index in [1.807, 2.05) is 26.0 Å². The Morgan fingerprint density at radius 3 is 2.37 bits per heavy atom. The smallest absolute Gasteiger partial charge is 0.242 e. The average Bonchev–Trinajstić information content (AvgIpc) is 2.42. The molecule has 0 atom stereocenters. The summed E-state index contributed by atoms with van der Waals surface area (Å²) < 4.78 is 5.75. The van der Waals surface area contributed by atoms with E-state index in [4.69, 9.17) is 16.3 Å². The Labute approximate surface area is 118 Å². The van der Waals surface area contributed by atoms with Crippen LogP contribution >= 0.6 is 11.6 Å². The SMILES string of the molecule is CCCc1ccc(Oc2nnc(Cl)c(C)c2C)cc1. The van der Waals surface area contributed by atoms with E-state index in [-0.39, 0.29) is 0 Å². The van der Waals surface area contributed by atoms with Crippen LogP contribution in [-0.2, 0) is 6.42 Å². The van der Waals surface area contributed by atoms with E-state index < -0.39 is 0 Å². The van der Waals surface area contributed by atoms with Gasteiger partial charge in [0.05, 0.1) is 0 Å². The zero-order valence-corrected chi connectivity index (χ0v) is 12.2. The van der Waals surface area contributed by atoms with Gasteiger partial charge in [-0.1, -0.05) is 37.1 Å². The lowest BCUT2D eigenvalue weighted by atomic mass is 10.1. The molecule has 1 heterocycles. The molecule has 1 aromatic heterocycles. The number of benzene rings is 1. The van der Waals surface area contributed by atoms with Crippen LogP contribution < -0.4 is 4.74 Å². The van der Waals surface area contributed by atoms with Crippen molar-refractivity contribution in [3.05, 3.63) is 46.1 Å². The fourth-order valence-corrected chi connectivity index (χ4v) is 1.96. The van der Waals surface area contributed by atoms with Crippen LogP contribution in [0.2, 0.25) is 5.15 Å². The van der Waals surface area contributed by atoms with Crippen LogP contribution in [-0.4, -0.2) is 10.2 Å². The number of halogens is 1. The molecule has 2 aromatic rings. The van der Waals surface area contributed by atoms with E-state index in [1.165, 1.54) is 5.56 Å². The average molecular weight is 277 g/mol. The number of hydrogen-bond donors (Lipinski definition) is 0. The van der Waals surface area contributed by atoms with E-state index in [1.54, 1.807) is 0 Å². The minimum Gasteiger partial charge on any atom is -0.437 e. The molecule has 2 rings (SSSR count). The van der Waals surface area contributed by atoms with Gasteiger partial charge in [0.15, 0.2) is 5.15 Å². The number of hydrogen-bond acceptors (Lipinski definition) is 3. The van der Waals surface area contributed by atoms with Crippen LogP contribution in [0.5, 0.6) is 11.6 Å². The van der Waals surface area contributed by atoms with E-state index in [0.29, 0.717) is 11.0 Å². The number of rotatable bonds is 4. The molecule has 0 bridgehead atoms. The van der Waals surface area contributed by atoms with Gasteiger partial charge in [0.25, 0.3) is 0 Å². The first-order chi connectivity index (χ1) is 9.11. The minimum absolute atomic E-state index is 0.420. The lowest BCUT2D eigenvalue weighted by Crippen LogP contribution is -1.97. The van der Waals surface area contributed by atoms with Crippen molar-refractivity contribution >= 4 is 11.6 Å². The quantitative estimate of drug-likeness (QED) is 0.825. The molecular formula is C15H17ClN2O. The Morgan fingerprint density at radius 2 is 1.74 bits per heavy atom. The summed E-state index contributed by atoms with van der Waals surface area (Å²) in [5.74, 6) is 1.27.